The highest BCUT2D eigenvalue weighted by Gasteiger charge is 2.22. The number of esters is 2. The zero-order valence-corrected chi connectivity index (χ0v) is 18.3. The quantitative estimate of drug-likeness (QED) is 0.370. The van der Waals surface area contributed by atoms with Crippen LogP contribution < -0.4 is 0 Å². The third-order valence-electron chi connectivity index (χ3n) is 5.72. The maximum Gasteiger partial charge on any atom is 0.338 e. The van der Waals surface area contributed by atoms with Gasteiger partial charge in [-0.15, -0.1) is 0 Å². The molecule has 0 aliphatic carbocycles. The standard InChI is InChI=1S/C28H24O4/c1-18-9-6-16-24(28(30)32-3)26(18)23-15-8-12-20(17-25(29)31-2)27(23)22-14-7-11-19-10-4-5-13-21(19)22/h4-16H,17H2,1-3H3. The lowest BCUT2D eigenvalue weighted by Gasteiger charge is -2.20. The van der Waals surface area contributed by atoms with Gasteiger partial charge in [-0.3, -0.25) is 4.79 Å². The average Bonchev–Trinajstić information content (AvgIpc) is 2.83. The van der Waals surface area contributed by atoms with Gasteiger partial charge in [-0.1, -0.05) is 72.8 Å². The van der Waals surface area contributed by atoms with Crippen LogP contribution in [0.1, 0.15) is 21.5 Å². The number of methoxy groups -OCH3 is 2. The smallest absolute Gasteiger partial charge is 0.338 e. The summed E-state index contributed by atoms with van der Waals surface area (Å²) < 4.78 is 10.0. The molecule has 0 spiro atoms. The van der Waals surface area contributed by atoms with E-state index in [0.29, 0.717) is 5.56 Å². The fourth-order valence-corrected chi connectivity index (χ4v) is 4.25. The highest BCUT2D eigenvalue weighted by molar-refractivity contribution is 6.06. The largest absolute Gasteiger partial charge is 0.469 e. The second kappa shape index (κ2) is 9.06. The van der Waals surface area contributed by atoms with E-state index in [9.17, 15) is 9.59 Å². The SMILES string of the molecule is COC(=O)Cc1cccc(-c2c(C)cccc2C(=O)OC)c1-c1cccc2ccccc12. The zero-order valence-electron chi connectivity index (χ0n) is 18.3. The van der Waals surface area contributed by atoms with Crippen LogP contribution in [0.5, 0.6) is 0 Å². The van der Waals surface area contributed by atoms with E-state index in [0.717, 1.165) is 44.2 Å². The Bertz CT molecular complexity index is 1320. The van der Waals surface area contributed by atoms with Crippen LogP contribution in [0.15, 0.2) is 78.9 Å². The van der Waals surface area contributed by atoms with Crippen molar-refractivity contribution in [1.82, 2.24) is 0 Å². The molecule has 4 aromatic carbocycles. The summed E-state index contributed by atoms with van der Waals surface area (Å²) >= 11 is 0. The molecule has 0 atom stereocenters. The van der Waals surface area contributed by atoms with Gasteiger partial charge in [-0.25, -0.2) is 4.79 Å². The first-order valence-electron chi connectivity index (χ1n) is 10.4. The first-order chi connectivity index (χ1) is 15.5. The van der Waals surface area contributed by atoms with Crippen LogP contribution in [0.2, 0.25) is 0 Å². The Labute approximate surface area is 187 Å². The van der Waals surface area contributed by atoms with Gasteiger partial charge in [0.25, 0.3) is 0 Å². The normalized spacial score (nSPS) is 10.7. The van der Waals surface area contributed by atoms with Crippen molar-refractivity contribution in [3.63, 3.8) is 0 Å². The Morgan fingerprint density at radius 3 is 2.19 bits per heavy atom. The molecule has 0 amide bonds. The molecule has 0 aliphatic heterocycles. The maximum atomic E-state index is 12.6. The molecule has 0 unspecified atom stereocenters. The highest BCUT2D eigenvalue weighted by Crippen LogP contribution is 2.41. The average molecular weight is 424 g/mol. The minimum atomic E-state index is -0.397. The van der Waals surface area contributed by atoms with E-state index >= 15 is 0 Å². The van der Waals surface area contributed by atoms with Gasteiger partial charge in [0.1, 0.15) is 0 Å². The molecule has 0 saturated heterocycles. The molecule has 4 rings (SSSR count). The second-order valence-corrected chi connectivity index (χ2v) is 7.61. The summed E-state index contributed by atoms with van der Waals surface area (Å²) in [4.78, 5) is 24.9. The molecule has 0 bridgehead atoms. The fourth-order valence-electron chi connectivity index (χ4n) is 4.25. The van der Waals surface area contributed by atoms with Gasteiger partial charge in [0.2, 0.25) is 0 Å². The lowest BCUT2D eigenvalue weighted by molar-refractivity contribution is -0.139. The van der Waals surface area contributed by atoms with Crippen molar-refractivity contribution in [1.29, 1.82) is 0 Å². The van der Waals surface area contributed by atoms with Crippen LogP contribution in [0, 0.1) is 6.92 Å². The van der Waals surface area contributed by atoms with E-state index in [2.05, 4.69) is 24.3 Å². The molecule has 0 aliphatic rings. The summed E-state index contributed by atoms with van der Waals surface area (Å²) in [5.74, 6) is -0.715. The predicted octanol–water partition coefficient (Wildman–Crippen LogP) is 5.98. The Morgan fingerprint density at radius 2 is 1.41 bits per heavy atom. The minimum absolute atomic E-state index is 0.127. The van der Waals surface area contributed by atoms with E-state index < -0.39 is 5.97 Å². The van der Waals surface area contributed by atoms with E-state index in [1.54, 1.807) is 6.07 Å². The van der Waals surface area contributed by atoms with Gasteiger partial charge in [0, 0.05) is 0 Å². The van der Waals surface area contributed by atoms with Crippen molar-refractivity contribution in [3.8, 4) is 22.3 Å². The molecule has 0 heterocycles. The van der Waals surface area contributed by atoms with Crippen molar-refractivity contribution in [3.05, 3.63) is 95.6 Å². The predicted molar refractivity (Wildman–Crippen MR) is 127 cm³/mol. The van der Waals surface area contributed by atoms with Crippen molar-refractivity contribution >= 4 is 22.7 Å². The van der Waals surface area contributed by atoms with Crippen molar-refractivity contribution in [2.24, 2.45) is 0 Å². The molecule has 0 radical (unpaired) electrons. The summed E-state index contributed by atoms with van der Waals surface area (Å²) in [6, 6.07) is 25.7. The topological polar surface area (TPSA) is 52.6 Å². The van der Waals surface area contributed by atoms with Gasteiger partial charge in [0.05, 0.1) is 26.2 Å². The van der Waals surface area contributed by atoms with E-state index in [1.807, 2.05) is 55.5 Å². The van der Waals surface area contributed by atoms with Crippen LogP contribution >= 0.6 is 0 Å². The molecule has 0 N–H and O–H groups in total. The Kier molecular flexibility index (Phi) is 6.04. The number of ether oxygens (including phenoxy) is 2. The number of hydrogen-bond donors (Lipinski definition) is 0. The summed E-state index contributed by atoms with van der Waals surface area (Å²) in [7, 11) is 2.77. The Balaban J connectivity index is 2.10. The number of carbonyl (C=O) groups excluding carboxylic acids is 2. The molecule has 4 nitrogen and oxygen atoms in total. The maximum absolute atomic E-state index is 12.6. The van der Waals surface area contributed by atoms with Crippen LogP contribution in [0.25, 0.3) is 33.0 Å². The van der Waals surface area contributed by atoms with E-state index in [1.165, 1.54) is 14.2 Å². The molecule has 4 aromatic rings. The Hall–Kier alpha value is -3.92. The lowest BCUT2D eigenvalue weighted by atomic mass is 9.84. The third kappa shape index (κ3) is 3.87. The minimum Gasteiger partial charge on any atom is -0.469 e. The van der Waals surface area contributed by atoms with Crippen molar-refractivity contribution in [2.45, 2.75) is 13.3 Å². The molecule has 32 heavy (non-hydrogen) atoms. The van der Waals surface area contributed by atoms with E-state index in [4.69, 9.17) is 9.47 Å². The van der Waals surface area contributed by atoms with Gasteiger partial charge >= 0.3 is 11.9 Å². The molecule has 0 aromatic heterocycles. The number of hydrogen-bond acceptors (Lipinski definition) is 4. The first-order valence-corrected chi connectivity index (χ1v) is 10.4. The molecular weight excluding hydrogens is 400 g/mol. The fraction of sp³-hybridized carbons (Fsp3) is 0.143. The summed E-state index contributed by atoms with van der Waals surface area (Å²) in [5, 5.41) is 2.17. The van der Waals surface area contributed by atoms with Crippen molar-refractivity contribution in [2.75, 3.05) is 14.2 Å². The highest BCUT2D eigenvalue weighted by atomic mass is 16.5. The van der Waals surface area contributed by atoms with Gasteiger partial charge < -0.3 is 9.47 Å². The van der Waals surface area contributed by atoms with Gasteiger partial charge in [-0.05, 0) is 57.1 Å². The number of fused-ring (bicyclic) bond motifs is 1. The molecule has 160 valence electrons. The van der Waals surface area contributed by atoms with Gasteiger partial charge in [-0.2, -0.15) is 0 Å². The molecule has 0 fully saturated rings. The Morgan fingerprint density at radius 1 is 0.719 bits per heavy atom. The lowest BCUT2D eigenvalue weighted by Crippen LogP contribution is -2.08. The monoisotopic (exact) mass is 424 g/mol. The summed E-state index contributed by atoms with van der Waals surface area (Å²) in [6.07, 6.45) is 0.127. The third-order valence-corrected chi connectivity index (χ3v) is 5.72. The number of carbonyl (C=O) groups is 2. The number of benzene rings is 4. The summed E-state index contributed by atoms with van der Waals surface area (Å²) in [6.45, 7) is 1.97. The summed E-state index contributed by atoms with van der Waals surface area (Å²) in [5.41, 5.74) is 5.86. The second-order valence-electron chi connectivity index (χ2n) is 7.61. The first kappa shape index (κ1) is 21.3. The van der Waals surface area contributed by atoms with Crippen LogP contribution in [-0.2, 0) is 20.7 Å². The zero-order chi connectivity index (χ0) is 22.7. The number of rotatable bonds is 5. The molecule has 4 heteroatoms. The number of aryl methyl sites for hydroxylation is 1. The van der Waals surface area contributed by atoms with Crippen LogP contribution in [0.3, 0.4) is 0 Å². The van der Waals surface area contributed by atoms with Crippen LogP contribution in [-0.4, -0.2) is 26.2 Å². The molecule has 0 saturated carbocycles. The van der Waals surface area contributed by atoms with Crippen molar-refractivity contribution < 1.29 is 19.1 Å². The van der Waals surface area contributed by atoms with Crippen LogP contribution in [0.4, 0.5) is 0 Å². The molecular formula is C28H24O4. The van der Waals surface area contributed by atoms with E-state index in [-0.39, 0.29) is 12.4 Å². The van der Waals surface area contributed by atoms with Gasteiger partial charge in [0.15, 0.2) is 0 Å².